The number of fused-ring (bicyclic) bond motifs is 1. The number of aliphatic imine (C=N–C) groups is 1. The summed E-state index contributed by atoms with van der Waals surface area (Å²) in [5.41, 5.74) is 0.133. The van der Waals surface area contributed by atoms with Crippen LogP contribution in [0, 0.1) is 5.41 Å². The van der Waals surface area contributed by atoms with E-state index in [4.69, 9.17) is 4.74 Å². The number of hydrogen-bond donors (Lipinski definition) is 1. The molecule has 0 aromatic rings. The van der Waals surface area contributed by atoms with Crippen LogP contribution in [-0.2, 0) is 4.74 Å². The van der Waals surface area contributed by atoms with E-state index in [9.17, 15) is 0 Å². The lowest BCUT2D eigenvalue weighted by atomic mass is 9.81. The van der Waals surface area contributed by atoms with Gasteiger partial charge in [0.25, 0.3) is 0 Å². The van der Waals surface area contributed by atoms with Crippen molar-refractivity contribution in [3.05, 3.63) is 0 Å². The molecular weight excluding hydrogens is 152 g/mol. The van der Waals surface area contributed by atoms with E-state index in [0.29, 0.717) is 6.04 Å². The van der Waals surface area contributed by atoms with Gasteiger partial charge in [0.05, 0.1) is 12.6 Å². The van der Waals surface area contributed by atoms with Crippen molar-refractivity contribution >= 4 is 6.21 Å². The number of nitrogens with one attached hydrogen (secondary N) is 1. The normalized spacial score (nSPS) is 44.4. The lowest BCUT2D eigenvalue weighted by molar-refractivity contribution is 0.0457. The molecule has 3 atom stereocenters. The van der Waals surface area contributed by atoms with Crippen LogP contribution in [0.3, 0.4) is 0 Å². The summed E-state index contributed by atoms with van der Waals surface area (Å²) in [4.78, 5) is 4.32. The molecule has 2 heterocycles. The second kappa shape index (κ2) is 2.54. The summed E-state index contributed by atoms with van der Waals surface area (Å²) in [6.45, 7) is 7.25. The van der Waals surface area contributed by atoms with E-state index >= 15 is 0 Å². The molecule has 0 bridgehead atoms. The molecule has 3 nitrogen and oxygen atoms in total. The first kappa shape index (κ1) is 8.20. The molecule has 1 fully saturated rings. The Balaban J connectivity index is 2.21. The van der Waals surface area contributed by atoms with E-state index in [0.717, 1.165) is 6.54 Å². The first-order valence-electron chi connectivity index (χ1n) is 4.52. The van der Waals surface area contributed by atoms with Crippen molar-refractivity contribution < 1.29 is 4.74 Å². The quantitative estimate of drug-likeness (QED) is 0.580. The largest absolute Gasteiger partial charge is 0.357 e. The smallest absolute Gasteiger partial charge is 0.106 e. The van der Waals surface area contributed by atoms with Gasteiger partial charge in [-0.3, -0.25) is 10.3 Å². The van der Waals surface area contributed by atoms with Gasteiger partial charge in [-0.05, 0) is 6.92 Å². The van der Waals surface area contributed by atoms with Gasteiger partial charge in [0.2, 0.25) is 0 Å². The summed E-state index contributed by atoms with van der Waals surface area (Å²) in [5, 5.41) is 3.43. The van der Waals surface area contributed by atoms with Crippen molar-refractivity contribution in [3.63, 3.8) is 0 Å². The Labute approximate surface area is 73.2 Å². The average Bonchev–Trinajstić information content (AvgIpc) is 2.30. The van der Waals surface area contributed by atoms with Crippen LogP contribution in [0.1, 0.15) is 20.8 Å². The van der Waals surface area contributed by atoms with Gasteiger partial charge < -0.3 is 4.74 Å². The molecular formula is C9H16N2O. The standard InChI is InChI=1S/C9H16N2O/c1-6-11-8-7(12-6)4-10-5-9(8,2)3/h5-8,11H,4H2,1-3H3. The lowest BCUT2D eigenvalue weighted by Crippen LogP contribution is -2.49. The van der Waals surface area contributed by atoms with Crippen LogP contribution in [0.4, 0.5) is 0 Å². The van der Waals surface area contributed by atoms with Gasteiger partial charge in [-0.25, -0.2) is 0 Å². The maximum atomic E-state index is 5.68. The molecule has 1 saturated heterocycles. The Morgan fingerprint density at radius 3 is 3.00 bits per heavy atom. The van der Waals surface area contributed by atoms with Crippen LogP contribution in [0.15, 0.2) is 4.99 Å². The highest BCUT2D eigenvalue weighted by atomic mass is 16.5. The maximum absolute atomic E-state index is 5.68. The van der Waals surface area contributed by atoms with Gasteiger partial charge in [0.1, 0.15) is 6.23 Å². The summed E-state index contributed by atoms with van der Waals surface area (Å²) in [5.74, 6) is 0. The minimum Gasteiger partial charge on any atom is -0.357 e. The summed E-state index contributed by atoms with van der Waals surface area (Å²) < 4.78 is 5.68. The topological polar surface area (TPSA) is 33.6 Å². The van der Waals surface area contributed by atoms with Crippen LogP contribution in [0.25, 0.3) is 0 Å². The third-order valence-corrected chi connectivity index (χ3v) is 2.68. The number of rotatable bonds is 0. The Morgan fingerprint density at radius 1 is 1.58 bits per heavy atom. The number of ether oxygens (including phenoxy) is 1. The van der Waals surface area contributed by atoms with Crippen LogP contribution < -0.4 is 5.32 Å². The van der Waals surface area contributed by atoms with E-state index in [1.807, 2.05) is 6.21 Å². The van der Waals surface area contributed by atoms with Crippen LogP contribution in [0.5, 0.6) is 0 Å². The summed E-state index contributed by atoms with van der Waals surface area (Å²) in [7, 11) is 0. The van der Waals surface area contributed by atoms with Crippen molar-refractivity contribution in [2.24, 2.45) is 10.4 Å². The molecule has 2 rings (SSSR count). The molecule has 12 heavy (non-hydrogen) atoms. The first-order valence-corrected chi connectivity index (χ1v) is 4.52. The van der Waals surface area contributed by atoms with Gasteiger partial charge in [-0.15, -0.1) is 0 Å². The van der Waals surface area contributed by atoms with Crippen molar-refractivity contribution in [1.29, 1.82) is 0 Å². The Hall–Kier alpha value is -0.410. The molecule has 0 amide bonds. The molecule has 2 aliphatic rings. The highest BCUT2D eigenvalue weighted by Gasteiger charge is 2.43. The van der Waals surface area contributed by atoms with Gasteiger partial charge in [0, 0.05) is 17.7 Å². The van der Waals surface area contributed by atoms with Gasteiger partial charge >= 0.3 is 0 Å². The van der Waals surface area contributed by atoms with E-state index in [1.54, 1.807) is 0 Å². The van der Waals surface area contributed by atoms with Gasteiger partial charge in [0.15, 0.2) is 0 Å². The van der Waals surface area contributed by atoms with E-state index in [1.165, 1.54) is 0 Å². The highest BCUT2D eigenvalue weighted by Crippen LogP contribution is 2.30. The van der Waals surface area contributed by atoms with Crippen LogP contribution >= 0.6 is 0 Å². The predicted molar refractivity (Wildman–Crippen MR) is 48.4 cm³/mol. The van der Waals surface area contributed by atoms with E-state index in [-0.39, 0.29) is 17.7 Å². The fourth-order valence-corrected chi connectivity index (χ4v) is 2.05. The zero-order valence-electron chi connectivity index (χ0n) is 7.87. The van der Waals surface area contributed by atoms with Crippen molar-refractivity contribution in [2.45, 2.75) is 39.1 Å². The second-order valence-electron chi connectivity index (χ2n) is 4.28. The van der Waals surface area contributed by atoms with Crippen LogP contribution in [0.2, 0.25) is 0 Å². The van der Waals surface area contributed by atoms with Gasteiger partial charge in [-0.1, -0.05) is 13.8 Å². The zero-order valence-corrected chi connectivity index (χ0v) is 7.87. The Morgan fingerprint density at radius 2 is 2.33 bits per heavy atom. The SMILES string of the molecule is CC1NC2C(CN=CC2(C)C)O1. The average molecular weight is 168 g/mol. The molecule has 1 N–H and O–H groups in total. The molecule has 3 unspecified atom stereocenters. The third kappa shape index (κ3) is 1.17. The predicted octanol–water partition coefficient (Wildman–Crippen LogP) is 0.800. The maximum Gasteiger partial charge on any atom is 0.106 e. The third-order valence-electron chi connectivity index (χ3n) is 2.68. The van der Waals surface area contributed by atoms with Crippen LogP contribution in [-0.4, -0.2) is 31.1 Å². The van der Waals surface area contributed by atoms with Crippen molar-refractivity contribution in [2.75, 3.05) is 6.54 Å². The molecule has 0 saturated carbocycles. The number of hydrogen-bond acceptors (Lipinski definition) is 3. The van der Waals surface area contributed by atoms with Crippen molar-refractivity contribution in [1.82, 2.24) is 5.32 Å². The molecule has 0 aromatic carbocycles. The molecule has 0 aromatic heterocycles. The Bertz CT molecular complexity index is 213. The molecule has 2 aliphatic heterocycles. The molecule has 68 valence electrons. The molecule has 3 heteroatoms. The summed E-state index contributed by atoms with van der Waals surface area (Å²) in [6.07, 6.45) is 2.50. The monoisotopic (exact) mass is 168 g/mol. The summed E-state index contributed by atoms with van der Waals surface area (Å²) >= 11 is 0. The zero-order chi connectivity index (χ0) is 8.77. The lowest BCUT2D eigenvalue weighted by Gasteiger charge is -2.33. The fourth-order valence-electron chi connectivity index (χ4n) is 2.05. The molecule has 0 aliphatic carbocycles. The Kier molecular flexibility index (Phi) is 1.73. The second-order valence-corrected chi connectivity index (χ2v) is 4.28. The molecule has 0 spiro atoms. The highest BCUT2D eigenvalue weighted by molar-refractivity contribution is 5.67. The first-order chi connectivity index (χ1) is 5.59. The minimum atomic E-state index is 0.133. The van der Waals surface area contributed by atoms with Gasteiger partial charge in [-0.2, -0.15) is 0 Å². The van der Waals surface area contributed by atoms with E-state index < -0.39 is 0 Å². The fraction of sp³-hybridized carbons (Fsp3) is 0.889. The molecule has 0 radical (unpaired) electrons. The minimum absolute atomic E-state index is 0.133. The summed E-state index contributed by atoms with van der Waals surface area (Å²) in [6, 6.07) is 0.435. The van der Waals surface area contributed by atoms with E-state index in [2.05, 4.69) is 31.1 Å². The number of nitrogens with zero attached hydrogens (tertiary/aromatic N) is 1. The van der Waals surface area contributed by atoms with Crippen molar-refractivity contribution in [3.8, 4) is 0 Å².